The van der Waals surface area contributed by atoms with E-state index in [-0.39, 0.29) is 31.9 Å². The Morgan fingerprint density at radius 3 is 1.85 bits per heavy atom. The van der Waals surface area contributed by atoms with E-state index in [1.807, 2.05) is 109 Å². The zero-order valence-electron chi connectivity index (χ0n) is 30.9. The van der Waals surface area contributed by atoms with Crippen LogP contribution in [-0.4, -0.2) is 54.2 Å². The Morgan fingerprint density at radius 2 is 1.24 bits per heavy atom. The van der Waals surface area contributed by atoms with Gasteiger partial charge in [-0.25, -0.2) is 14.7 Å². The average molecular weight is 754 g/mol. The van der Waals surface area contributed by atoms with Crippen LogP contribution in [0.1, 0.15) is 67.2 Å². The smallest absolute Gasteiger partial charge is 0.407 e. The van der Waals surface area contributed by atoms with E-state index in [0.29, 0.717) is 51.6 Å². The van der Waals surface area contributed by atoms with E-state index in [1.165, 1.54) is 5.56 Å². The Morgan fingerprint density at radius 1 is 0.685 bits per heavy atom. The van der Waals surface area contributed by atoms with Crippen LogP contribution in [0.5, 0.6) is 0 Å². The fraction of sp³-hybridized carbons (Fsp3) is 0.372. The minimum Gasteiger partial charge on any atom is -0.459 e. The quantitative estimate of drug-likeness (QED) is 0.0496. The van der Waals surface area contributed by atoms with Gasteiger partial charge in [0.2, 0.25) is 5.91 Å². The second-order valence-electron chi connectivity index (χ2n) is 13.5. The predicted molar refractivity (Wildman–Crippen MR) is 209 cm³/mol. The molecule has 4 aromatic rings. The van der Waals surface area contributed by atoms with Crippen LogP contribution in [0.4, 0.5) is 4.79 Å². The number of amides is 2. The number of likely N-dealkylation sites (tertiary alicyclic amines) is 1. The van der Waals surface area contributed by atoms with E-state index in [1.54, 1.807) is 4.90 Å². The molecule has 0 aromatic heterocycles. The van der Waals surface area contributed by atoms with Crippen LogP contribution < -0.4 is 10.4 Å². The van der Waals surface area contributed by atoms with Crippen LogP contribution in [0.15, 0.2) is 121 Å². The van der Waals surface area contributed by atoms with Crippen molar-refractivity contribution in [1.82, 2.24) is 15.3 Å². The largest absolute Gasteiger partial charge is 0.459 e. The lowest BCUT2D eigenvalue weighted by Crippen LogP contribution is -2.50. The first-order chi connectivity index (χ1) is 26.4. The molecule has 1 saturated heterocycles. The second kappa shape index (κ2) is 21.8. The van der Waals surface area contributed by atoms with Gasteiger partial charge >= 0.3 is 12.1 Å². The van der Waals surface area contributed by atoms with Crippen molar-refractivity contribution in [3.05, 3.63) is 144 Å². The van der Waals surface area contributed by atoms with Crippen LogP contribution in [0.2, 0.25) is 0 Å². The zero-order valence-corrected chi connectivity index (χ0v) is 31.7. The van der Waals surface area contributed by atoms with Crippen molar-refractivity contribution in [2.45, 2.75) is 83.3 Å². The standard InChI is InChI=1S/C43H52N3O7P/c47-41(46-30-17-28-40(46)42(48)51-32-36-21-7-2-8-22-36)39(27-13-15-29-44-43(49)52-33-37-23-9-3-10-24-37)45-54(50,53-34-38-25-11-4-12-26-38)31-16-14-20-35-18-5-1-6-19-35/h1-12,18-19,21-26,39-40H,13-17,20,27-34H2,(H,44,49)(H,45,50)/t39-,40-,54?/m0/s1. The Bertz CT molecular complexity index is 1760. The van der Waals surface area contributed by atoms with Gasteiger partial charge in [0.1, 0.15) is 19.3 Å². The van der Waals surface area contributed by atoms with Gasteiger partial charge in [0, 0.05) is 19.3 Å². The molecule has 0 saturated carbocycles. The summed E-state index contributed by atoms with van der Waals surface area (Å²) < 4.78 is 31.9. The molecular weight excluding hydrogens is 701 g/mol. The summed E-state index contributed by atoms with van der Waals surface area (Å²) in [6.07, 6.45) is 4.54. The molecule has 0 spiro atoms. The van der Waals surface area contributed by atoms with Crippen molar-refractivity contribution < 1.29 is 32.9 Å². The molecular formula is C43H52N3O7P. The van der Waals surface area contributed by atoms with Crippen LogP contribution in [-0.2, 0) is 54.4 Å². The van der Waals surface area contributed by atoms with E-state index in [4.69, 9.17) is 14.0 Å². The molecule has 1 unspecified atom stereocenters. The number of benzene rings is 4. The van der Waals surface area contributed by atoms with Gasteiger partial charge in [-0.15, -0.1) is 0 Å². The van der Waals surface area contributed by atoms with Crippen molar-refractivity contribution in [2.24, 2.45) is 0 Å². The molecule has 10 nitrogen and oxygen atoms in total. The van der Waals surface area contributed by atoms with Crippen molar-refractivity contribution in [2.75, 3.05) is 19.3 Å². The summed E-state index contributed by atoms with van der Waals surface area (Å²) >= 11 is 0. The number of nitrogens with zero attached hydrogens (tertiary/aromatic N) is 1. The Balaban J connectivity index is 1.24. The highest BCUT2D eigenvalue weighted by atomic mass is 31.2. The van der Waals surface area contributed by atoms with E-state index < -0.39 is 31.7 Å². The highest BCUT2D eigenvalue weighted by molar-refractivity contribution is 7.56. The molecule has 54 heavy (non-hydrogen) atoms. The molecule has 2 amide bonds. The monoisotopic (exact) mass is 753 g/mol. The van der Waals surface area contributed by atoms with E-state index in [9.17, 15) is 18.9 Å². The average Bonchev–Trinajstić information content (AvgIpc) is 3.71. The molecule has 4 aromatic carbocycles. The third-order valence-electron chi connectivity index (χ3n) is 9.38. The molecule has 2 N–H and O–H groups in total. The van der Waals surface area contributed by atoms with Crippen LogP contribution in [0, 0.1) is 0 Å². The number of alkyl carbamates (subject to hydrolysis) is 1. The van der Waals surface area contributed by atoms with E-state index in [2.05, 4.69) is 22.5 Å². The van der Waals surface area contributed by atoms with Gasteiger partial charge < -0.3 is 24.2 Å². The highest BCUT2D eigenvalue weighted by Crippen LogP contribution is 2.45. The molecule has 11 heteroatoms. The Labute approximate surface area is 319 Å². The molecule has 0 radical (unpaired) electrons. The summed E-state index contributed by atoms with van der Waals surface area (Å²) in [5.41, 5.74) is 3.83. The molecule has 0 aliphatic carbocycles. The van der Waals surface area contributed by atoms with E-state index in [0.717, 1.165) is 29.5 Å². The number of nitrogens with one attached hydrogen (secondary N) is 2. The zero-order chi connectivity index (χ0) is 37.9. The van der Waals surface area contributed by atoms with Gasteiger partial charge in [-0.3, -0.25) is 9.36 Å². The van der Waals surface area contributed by atoms with E-state index >= 15 is 0 Å². The Hall–Kier alpha value is -4.76. The second-order valence-corrected chi connectivity index (χ2v) is 15.9. The fourth-order valence-electron chi connectivity index (χ4n) is 6.43. The topological polar surface area (TPSA) is 123 Å². The molecule has 1 heterocycles. The summed E-state index contributed by atoms with van der Waals surface area (Å²) in [5, 5.41) is 5.99. The molecule has 5 rings (SSSR count). The summed E-state index contributed by atoms with van der Waals surface area (Å²) in [4.78, 5) is 41.6. The number of carbonyl (C=O) groups is 3. The van der Waals surface area contributed by atoms with Crippen LogP contribution in [0.3, 0.4) is 0 Å². The summed E-state index contributed by atoms with van der Waals surface area (Å²) in [6.45, 7) is 1.14. The maximum Gasteiger partial charge on any atom is 0.407 e. The number of esters is 1. The van der Waals surface area contributed by atoms with Gasteiger partial charge in [0.05, 0.1) is 12.6 Å². The molecule has 0 bridgehead atoms. The minimum absolute atomic E-state index is 0.117. The van der Waals surface area contributed by atoms with Gasteiger partial charge in [0.25, 0.3) is 7.52 Å². The van der Waals surface area contributed by atoms with Gasteiger partial charge in [0.15, 0.2) is 0 Å². The summed E-state index contributed by atoms with van der Waals surface area (Å²) in [7, 11) is -3.57. The van der Waals surface area contributed by atoms with Crippen molar-refractivity contribution >= 4 is 25.5 Å². The van der Waals surface area contributed by atoms with Crippen LogP contribution in [0.25, 0.3) is 0 Å². The van der Waals surface area contributed by atoms with Crippen molar-refractivity contribution in [3.8, 4) is 0 Å². The number of carbonyl (C=O) groups excluding carboxylic acids is 3. The van der Waals surface area contributed by atoms with Gasteiger partial charge in [-0.1, -0.05) is 121 Å². The lowest BCUT2D eigenvalue weighted by Gasteiger charge is -2.31. The fourth-order valence-corrected chi connectivity index (χ4v) is 8.48. The summed E-state index contributed by atoms with van der Waals surface area (Å²) in [6, 6.07) is 37.0. The van der Waals surface area contributed by atoms with Crippen molar-refractivity contribution in [1.29, 1.82) is 0 Å². The Kier molecular flexibility index (Phi) is 16.3. The molecule has 286 valence electrons. The first-order valence-electron chi connectivity index (χ1n) is 18.9. The molecule has 3 atom stereocenters. The number of ether oxygens (including phenoxy) is 2. The summed E-state index contributed by atoms with van der Waals surface area (Å²) in [5.74, 6) is -0.761. The molecule has 1 aliphatic heterocycles. The van der Waals surface area contributed by atoms with Crippen LogP contribution >= 0.6 is 7.52 Å². The lowest BCUT2D eigenvalue weighted by molar-refractivity contribution is -0.155. The number of aryl methyl sites for hydroxylation is 1. The predicted octanol–water partition coefficient (Wildman–Crippen LogP) is 8.21. The first-order valence-corrected chi connectivity index (χ1v) is 20.7. The number of rotatable bonds is 21. The van der Waals surface area contributed by atoms with Gasteiger partial charge in [-0.05, 0) is 73.6 Å². The number of unbranched alkanes of at least 4 members (excludes halogenated alkanes) is 2. The molecule has 1 aliphatic rings. The lowest BCUT2D eigenvalue weighted by atomic mass is 10.1. The highest BCUT2D eigenvalue weighted by Gasteiger charge is 2.40. The third-order valence-corrected chi connectivity index (χ3v) is 11.5. The van der Waals surface area contributed by atoms with Gasteiger partial charge in [-0.2, -0.15) is 0 Å². The number of hydrogen-bond acceptors (Lipinski definition) is 7. The first kappa shape index (κ1) is 40.4. The maximum absolute atomic E-state index is 14.7. The number of hydrogen-bond donors (Lipinski definition) is 2. The SMILES string of the molecule is O=C(NCCCC[C@H](NP(=O)(CCCCc1ccccc1)OCc1ccccc1)C(=O)N1CCC[C@H]1C(=O)OCc1ccccc1)OCc1ccccc1. The molecule has 1 fully saturated rings. The maximum atomic E-state index is 14.7. The minimum atomic E-state index is -3.57. The van der Waals surface area contributed by atoms with Crippen molar-refractivity contribution in [3.63, 3.8) is 0 Å². The normalized spacial score (nSPS) is 15.6. The third kappa shape index (κ3) is 13.6.